The lowest BCUT2D eigenvalue weighted by atomic mass is 10.1. The van der Waals surface area contributed by atoms with Crippen molar-refractivity contribution in [3.05, 3.63) is 46.0 Å². The molecule has 1 rings (SSSR count). The maximum Gasteiger partial charge on any atom is 0.328 e. The number of ether oxygens (including phenoxy) is 1. The number of nitrogens with zero attached hydrogens (tertiary/aromatic N) is 2. The van der Waals surface area contributed by atoms with Crippen molar-refractivity contribution in [1.82, 2.24) is 16.1 Å². The molecule has 0 saturated carbocycles. The molecule has 0 fully saturated rings. The molecule has 31 heavy (non-hydrogen) atoms. The Labute approximate surface area is 179 Å². The first-order valence-corrected chi connectivity index (χ1v) is 9.70. The van der Waals surface area contributed by atoms with E-state index in [1.807, 2.05) is 30.3 Å². The first-order chi connectivity index (χ1) is 14.8. The summed E-state index contributed by atoms with van der Waals surface area (Å²) in [6.45, 7) is 0.540. The number of esters is 1. The van der Waals surface area contributed by atoms with Gasteiger partial charge < -0.3 is 21.1 Å². The molecule has 12 nitrogen and oxygen atoms in total. The second-order valence-corrected chi connectivity index (χ2v) is 6.54. The number of amides is 2. The minimum absolute atomic E-state index is 0.0735. The molecule has 2 amide bonds. The van der Waals surface area contributed by atoms with E-state index < -0.39 is 17.0 Å². The number of rotatable bonds is 13. The molecular weight excluding hydrogens is 408 g/mol. The van der Waals surface area contributed by atoms with Gasteiger partial charge in [-0.2, -0.15) is 0 Å². The van der Waals surface area contributed by atoms with Crippen LogP contribution >= 0.6 is 0 Å². The molecule has 0 bridgehead atoms. The van der Waals surface area contributed by atoms with E-state index in [1.54, 1.807) is 5.43 Å². The van der Waals surface area contributed by atoms with Gasteiger partial charge in [-0.05, 0) is 24.8 Å². The third kappa shape index (κ3) is 11.8. The first kappa shape index (κ1) is 25.3. The summed E-state index contributed by atoms with van der Waals surface area (Å²) < 4.78 is 4.68. The van der Waals surface area contributed by atoms with Crippen molar-refractivity contribution in [3.8, 4) is 0 Å². The third-order valence-corrected chi connectivity index (χ3v) is 4.10. The summed E-state index contributed by atoms with van der Waals surface area (Å²) in [4.78, 5) is 49.8. The second kappa shape index (κ2) is 14.3. The molecule has 1 atom stereocenters. The maximum absolute atomic E-state index is 12.1. The van der Waals surface area contributed by atoms with Crippen molar-refractivity contribution >= 4 is 23.7 Å². The standard InChI is InChI=1S/C19H28N6O6/c1-31-18(28)15(9-6-12-21-19(20)24-25(29)30)23-17(27)11-5-10-16(26)22-13-14-7-3-2-4-8-14/h2-4,7-8,15H,5-6,9-13H2,1H3,(H,22,26)(H,23,27)(H3,20,21,24). The zero-order chi connectivity index (χ0) is 23.1. The van der Waals surface area contributed by atoms with Gasteiger partial charge in [-0.3, -0.25) is 9.59 Å². The Morgan fingerprint density at radius 1 is 1.16 bits per heavy atom. The molecule has 0 heterocycles. The molecular formula is C19H28N6O6. The Bertz CT molecular complexity index is 770. The van der Waals surface area contributed by atoms with Gasteiger partial charge in [0.25, 0.3) is 5.96 Å². The van der Waals surface area contributed by atoms with E-state index in [0.717, 1.165) is 5.56 Å². The van der Waals surface area contributed by atoms with Crippen LogP contribution in [-0.4, -0.2) is 48.5 Å². The molecule has 5 N–H and O–H groups in total. The number of hydrogen-bond acceptors (Lipinski definition) is 7. The molecule has 0 aromatic heterocycles. The number of nitrogens with one attached hydrogen (secondary N) is 3. The van der Waals surface area contributed by atoms with Crippen LogP contribution in [0.25, 0.3) is 0 Å². The van der Waals surface area contributed by atoms with E-state index in [1.165, 1.54) is 7.11 Å². The Morgan fingerprint density at radius 3 is 2.48 bits per heavy atom. The molecule has 1 aromatic rings. The van der Waals surface area contributed by atoms with Crippen molar-refractivity contribution in [3.63, 3.8) is 0 Å². The summed E-state index contributed by atoms with van der Waals surface area (Å²) in [5, 5.41) is 14.7. The van der Waals surface area contributed by atoms with Gasteiger partial charge in [-0.15, -0.1) is 0 Å². The quantitative estimate of drug-likeness (QED) is 0.0833. The van der Waals surface area contributed by atoms with Gasteiger partial charge in [0.1, 0.15) is 6.04 Å². The van der Waals surface area contributed by atoms with E-state index in [-0.39, 0.29) is 43.6 Å². The highest BCUT2D eigenvalue weighted by atomic mass is 16.7. The molecule has 1 unspecified atom stereocenters. The van der Waals surface area contributed by atoms with Gasteiger partial charge in [0.15, 0.2) is 5.03 Å². The van der Waals surface area contributed by atoms with Crippen molar-refractivity contribution < 1.29 is 24.2 Å². The van der Waals surface area contributed by atoms with E-state index in [2.05, 4.69) is 20.4 Å². The Morgan fingerprint density at radius 2 is 1.84 bits per heavy atom. The summed E-state index contributed by atoms with van der Waals surface area (Å²) >= 11 is 0. The second-order valence-electron chi connectivity index (χ2n) is 6.54. The van der Waals surface area contributed by atoms with E-state index in [0.29, 0.717) is 19.4 Å². The summed E-state index contributed by atoms with van der Waals surface area (Å²) in [6, 6.07) is 8.58. The number of aliphatic imine (C=N–C) groups is 1. The Balaban J connectivity index is 2.33. The fraction of sp³-hybridized carbons (Fsp3) is 0.474. The van der Waals surface area contributed by atoms with Crippen LogP contribution < -0.4 is 21.8 Å². The number of carbonyl (C=O) groups is 3. The van der Waals surface area contributed by atoms with E-state index >= 15 is 0 Å². The van der Waals surface area contributed by atoms with Crippen LogP contribution in [-0.2, 0) is 25.7 Å². The number of guanidine groups is 1. The van der Waals surface area contributed by atoms with Gasteiger partial charge in [0.2, 0.25) is 11.8 Å². The Kier molecular flexibility index (Phi) is 11.7. The van der Waals surface area contributed by atoms with Crippen LogP contribution in [0.1, 0.15) is 37.7 Å². The molecule has 0 aliphatic rings. The fourth-order valence-electron chi connectivity index (χ4n) is 2.58. The average Bonchev–Trinajstić information content (AvgIpc) is 2.74. The van der Waals surface area contributed by atoms with E-state index in [4.69, 9.17) is 5.73 Å². The van der Waals surface area contributed by atoms with Crippen LogP contribution in [0.5, 0.6) is 0 Å². The molecule has 12 heteroatoms. The number of benzene rings is 1. The fourth-order valence-corrected chi connectivity index (χ4v) is 2.58. The maximum atomic E-state index is 12.1. The van der Waals surface area contributed by atoms with Gasteiger partial charge in [-0.1, -0.05) is 35.8 Å². The SMILES string of the molecule is COC(=O)C(CCCN=C(N)N[N+](=O)[O-])NC(=O)CCCC(=O)NCc1ccccc1. The largest absolute Gasteiger partial charge is 0.467 e. The summed E-state index contributed by atoms with van der Waals surface area (Å²) in [5.41, 5.74) is 7.98. The highest BCUT2D eigenvalue weighted by Crippen LogP contribution is 2.04. The minimum Gasteiger partial charge on any atom is -0.467 e. The van der Waals surface area contributed by atoms with Crippen LogP contribution in [0, 0.1) is 10.1 Å². The van der Waals surface area contributed by atoms with Gasteiger partial charge in [0.05, 0.1) is 7.11 Å². The molecule has 0 saturated heterocycles. The minimum atomic E-state index is -0.885. The highest BCUT2D eigenvalue weighted by Gasteiger charge is 2.21. The van der Waals surface area contributed by atoms with Gasteiger partial charge in [0, 0.05) is 25.9 Å². The molecule has 170 valence electrons. The number of nitrogens with two attached hydrogens (primary N) is 1. The van der Waals surface area contributed by atoms with E-state index in [9.17, 15) is 24.5 Å². The number of hydrazine groups is 1. The number of carbonyl (C=O) groups excluding carboxylic acids is 3. The lowest BCUT2D eigenvalue weighted by molar-refractivity contribution is -0.525. The molecule has 0 spiro atoms. The number of hydrogen-bond donors (Lipinski definition) is 4. The zero-order valence-electron chi connectivity index (χ0n) is 17.3. The predicted octanol–water partition coefficient (Wildman–Crippen LogP) is 0.00710. The first-order valence-electron chi connectivity index (χ1n) is 9.70. The normalized spacial score (nSPS) is 11.8. The summed E-state index contributed by atoms with van der Waals surface area (Å²) in [5.74, 6) is -1.52. The molecule has 0 radical (unpaired) electrons. The van der Waals surface area contributed by atoms with Crippen LogP contribution in [0.3, 0.4) is 0 Å². The number of nitro groups is 1. The van der Waals surface area contributed by atoms with Crippen molar-refractivity contribution in [2.24, 2.45) is 10.7 Å². The van der Waals surface area contributed by atoms with Crippen LogP contribution in [0.2, 0.25) is 0 Å². The van der Waals surface area contributed by atoms with Crippen molar-refractivity contribution in [2.75, 3.05) is 13.7 Å². The topological polar surface area (TPSA) is 178 Å². The van der Waals surface area contributed by atoms with Gasteiger partial charge >= 0.3 is 5.97 Å². The van der Waals surface area contributed by atoms with Gasteiger partial charge in [-0.25, -0.2) is 19.9 Å². The van der Waals surface area contributed by atoms with Crippen molar-refractivity contribution in [1.29, 1.82) is 0 Å². The third-order valence-electron chi connectivity index (χ3n) is 4.10. The van der Waals surface area contributed by atoms with Crippen LogP contribution in [0.15, 0.2) is 35.3 Å². The number of methoxy groups -OCH3 is 1. The molecule has 0 aliphatic heterocycles. The highest BCUT2D eigenvalue weighted by molar-refractivity contribution is 5.84. The smallest absolute Gasteiger partial charge is 0.328 e. The molecule has 0 aliphatic carbocycles. The molecule has 1 aromatic carbocycles. The summed E-state index contributed by atoms with van der Waals surface area (Å²) in [6.07, 6.45) is 1.13. The lowest BCUT2D eigenvalue weighted by Crippen LogP contribution is -2.41. The monoisotopic (exact) mass is 436 g/mol. The predicted molar refractivity (Wildman–Crippen MR) is 112 cm³/mol. The van der Waals surface area contributed by atoms with Crippen LogP contribution in [0.4, 0.5) is 0 Å². The average molecular weight is 436 g/mol. The summed E-state index contributed by atoms with van der Waals surface area (Å²) in [7, 11) is 1.20. The van der Waals surface area contributed by atoms with Crippen molar-refractivity contribution in [2.45, 2.75) is 44.7 Å². The lowest BCUT2D eigenvalue weighted by Gasteiger charge is -2.16. The zero-order valence-corrected chi connectivity index (χ0v) is 17.3. The Hall–Kier alpha value is -3.70.